The molecule has 0 bridgehead atoms. The summed E-state index contributed by atoms with van der Waals surface area (Å²) in [7, 11) is -3.27. The lowest BCUT2D eigenvalue weighted by Crippen LogP contribution is -2.48. The summed E-state index contributed by atoms with van der Waals surface area (Å²) in [6, 6.07) is 6.13. The van der Waals surface area contributed by atoms with Crippen LogP contribution in [0.15, 0.2) is 34.5 Å². The van der Waals surface area contributed by atoms with Gasteiger partial charge in [0.1, 0.15) is 15.8 Å². The van der Waals surface area contributed by atoms with Gasteiger partial charge in [-0.05, 0) is 31.0 Å². The number of urea groups is 1. The summed E-state index contributed by atoms with van der Waals surface area (Å²) < 4.78 is 51.6. The number of amides is 2. The Bertz CT molecular complexity index is 967. The second kappa shape index (κ2) is 8.16. The topological polar surface area (TPSA) is 75.3 Å². The van der Waals surface area contributed by atoms with E-state index in [9.17, 15) is 22.0 Å². The molecule has 0 spiro atoms. The molecule has 0 saturated heterocycles. The number of carbonyl (C=O) groups is 1. The highest BCUT2D eigenvalue weighted by molar-refractivity contribution is 7.93. The molecule has 1 saturated carbocycles. The molecule has 1 heterocycles. The van der Waals surface area contributed by atoms with Crippen molar-refractivity contribution in [2.24, 2.45) is 0 Å². The van der Waals surface area contributed by atoms with E-state index in [2.05, 4.69) is 10.6 Å². The molecule has 0 aliphatic heterocycles. The summed E-state index contributed by atoms with van der Waals surface area (Å²) in [6.45, 7) is 1.74. The Kier molecular flexibility index (Phi) is 6.04. The van der Waals surface area contributed by atoms with E-state index in [4.69, 9.17) is 0 Å². The molecule has 2 N–H and O–H groups in total. The van der Waals surface area contributed by atoms with Crippen LogP contribution in [0.5, 0.6) is 0 Å². The number of rotatable bonds is 6. The van der Waals surface area contributed by atoms with Crippen LogP contribution in [0.25, 0.3) is 0 Å². The Balaban J connectivity index is 1.69. The van der Waals surface area contributed by atoms with Crippen molar-refractivity contribution in [2.45, 2.75) is 48.9 Å². The maximum Gasteiger partial charge on any atom is 0.315 e. The van der Waals surface area contributed by atoms with Gasteiger partial charge >= 0.3 is 6.03 Å². The molecule has 1 aliphatic carbocycles. The van der Waals surface area contributed by atoms with E-state index >= 15 is 0 Å². The van der Waals surface area contributed by atoms with E-state index in [1.165, 1.54) is 18.2 Å². The van der Waals surface area contributed by atoms with Crippen molar-refractivity contribution in [3.8, 4) is 0 Å². The minimum Gasteiger partial charge on any atom is -0.333 e. The van der Waals surface area contributed by atoms with Crippen molar-refractivity contribution in [1.82, 2.24) is 10.6 Å². The van der Waals surface area contributed by atoms with Gasteiger partial charge in [0.15, 0.2) is 9.84 Å². The molecule has 0 unspecified atom stereocenters. The lowest BCUT2D eigenvalue weighted by molar-refractivity contribution is 0.223. The number of halogens is 2. The number of thiophene rings is 1. The van der Waals surface area contributed by atoms with Gasteiger partial charge in [-0.2, -0.15) is 0 Å². The zero-order valence-corrected chi connectivity index (χ0v) is 17.1. The largest absolute Gasteiger partial charge is 0.333 e. The minimum absolute atomic E-state index is 0.0205. The van der Waals surface area contributed by atoms with Crippen molar-refractivity contribution in [3.63, 3.8) is 0 Å². The Morgan fingerprint density at radius 1 is 1.18 bits per heavy atom. The molecule has 3 rings (SSSR count). The molecular weight excluding hydrogens is 406 g/mol. The van der Waals surface area contributed by atoms with Crippen LogP contribution in [0.4, 0.5) is 13.6 Å². The monoisotopic (exact) mass is 428 g/mol. The third kappa shape index (κ3) is 4.35. The van der Waals surface area contributed by atoms with Gasteiger partial charge in [0.2, 0.25) is 0 Å². The van der Waals surface area contributed by atoms with Gasteiger partial charge in [-0.25, -0.2) is 22.0 Å². The van der Waals surface area contributed by atoms with E-state index in [1.54, 1.807) is 13.0 Å². The molecular formula is C19H22F2N2O3S2. The highest BCUT2D eigenvalue weighted by Gasteiger charge is 2.39. The first-order chi connectivity index (χ1) is 13.3. The van der Waals surface area contributed by atoms with Gasteiger partial charge in [0, 0.05) is 16.5 Å². The van der Waals surface area contributed by atoms with Crippen LogP contribution < -0.4 is 10.6 Å². The lowest BCUT2D eigenvalue weighted by Gasteiger charge is -2.31. The van der Waals surface area contributed by atoms with Crippen LogP contribution in [0.1, 0.15) is 43.0 Å². The van der Waals surface area contributed by atoms with E-state index in [0.29, 0.717) is 17.7 Å². The maximum absolute atomic E-state index is 14.3. The zero-order chi connectivity index (χ0) is 20.4. The average Bonchev–Trinajstić information content (AvgIpc) is 3.30. The Labute approximate surface area is 167 Å². The first-order valence-electron chi connectivity index (χ1n) is 9.09. The van der Waals surface area contributed by atoms with E-state index in [-0.39, 0.29) is 22.1 Å². The average molecular weight is 429 g/mol. The van der Waals surface area contributed by atoms with E-state index < -0.39 is 33.0 Å². The zero-order valence-electron chi connectivity index (χ0n) is 15.4. The van der Waals surface area contributed by atoms with E-state index in [1.807, 2.05) is 0 Å². The summed E-state index contributed by atoms with van der Waals surface area (Å²) >= 11 is 1.12. The highest BCUT2D eigenvalue weighted by atomic mass is 32.2. The summed E-state index contributed by atoms with van der Waals surface area (Å²) in [6.07, 6.45) is 2.81. The first kappa shape index (κ1) is 20.7. The van der Waals surface area contributed by atoms with Gasteiger partial charge < -0.3 is 10.6 Å². The van der Waals surface area contributed by atoms with Crippen molar-refractivity contribution >= 4 is 27.2 Å². The summed E-state index contributed by atoms with van der Waals surface area (Å²) in [5.74, 6) is -1.31. The van der Waals surface area contributed by atoms with Crippen molar-refractivity contribution < 1.29 is 22.0 Å². The third-order valence-corrected chi connectivity index (χ3v) is 8.40. The third-order valence-electron chi connectivity index (χ3n) is 5.00. The van der Waals surface area contributed by atoms with Crippen molar-refractivity contribution in [1.29, 1.82) is 0 Å². The Morgan fingerprint density at radius 2 is 1.89 bits per heavy atom. The number of hydrogen-bond donors (Lipinski definition) is 2. The lowest BCUT2D eigenvalue weighted by atomic mass is 9.87. The minimum atomic E-state index is -3.27. The molecule has 28 heavy (non-hydrogen) atoms. The number of sulfone groups is 1. The van der Waals surface area contributed by atoms with Crippen molar-refractivity contribution in [3.05, 3.63) is 52.4 Å². The molecule has 152 valence electrons. The molecule has 5 nitrogen and oxygen atoms in total. The maximum atomic E-state index is 14.3. The van der Waals surface area contributed by atoms with Crippen LogP contribution in [-0.2, 0) is 21.9 Å². The van der Waals surface area contributed by atoms with Crippen LogP contribution in [0.2, 0.25) is 0 Å². The quantitative estimate of drug-likeness (QED) is 0.728. The standard InChI is InChI=1S/C19H22F2N2O3S2/c1-2-28(25,26)17-8-6-14(27-17)12-22-18(24)23-19(9-3-4-10-19)15-7-5-13(20)11-16(15)21/h5-8,11H,2-4,9-10,12H2,1H3,(H2,22,23,24). The molecule has 9 heteroatoms. The normalized spacial score (nSPS) is 16.1. The summed E-state index contributed by atoms with van der Waals surface area (Å²) in [4.78, 5) is 13.2. The van der Waals surface area contributed by atoms with Gasteiger partial charge in [0.05, 0.1) is 17.8 Å². The summed E-state index contributed by atoms with van der Waals surface area (Å²) in [5, 5.41) is 5.56. The van der Waals surface area contributed by atoms with Gasteiger partial charge in [-0.15, -0.1) is 11.3 Å². The fraction of sp³-hybridized carbons (Fsp3) is 0.421. The summed E-state index contributed by atoms with van der Waals surface area (Å²) in [5.41, 5.74) is -0.581. The van der Waals surface area contributed by atoms with Gasteiger partial charge in [-0.1, -0.05) is 25.8 Å². The van der Waals surface area contributed by atoms with Crippen LogP contribution in [0, 0.1) is 11.6 Å². The second-order valence-corrected chi connectivity index (χ2v) is 10.5. The van der Waals surface area contributed by atoms with Crippen LogP contribution in [-0.4, -0.2) is 20.2 Å². The van der Waals surface area contributed by atoms with E-state index in [0.717, 1.165) is 30.2 Å². The molecule has 1 fully saturated rings. The van der Waals surface area contributed by atoms with Gasteiger partial charge in [-0.3, -0.25) is 0 Å². The Morgan fingerprint density at radius 3 is 2.54 bits per heavy atom. The molecule has 1 aliphatic rings. The second-order valence-electron chi connectivity index (χ2n) is 6.85. The molecule has 1 aromatic carbocycles. The molecule has 2 aromatic rings. The fourth-order valence-electron chi connectivity index (χ4n) is 3.51. The molecule has 1 aromatic heterocycles. The fourth-order valence-corrected chi connectivity index (χ4v) is 5.93. The predicted molar refractivity (Wildman–Crippen MR) is 104 cm³/mol. The molecule has 0 atom stereocenters. The molecule has 0 radical (unpaired) electrons. The number of carbonyl (C=O) groups excluding carboxylic acids is 1. The Hall–Kier alpha value is -2.00. The number of hydrogen-bond acceptors (Lipinski definition) is 4. The predicted octanol–water partition coefficient (Wildman–Crippen LogP) is 4.09. The highest BCUT2D eigenvalue weighted by Crippen LogP contribution is 2.40. The van der Waals surface area contributed by atoms with Crippen LogP contribution in [0.3, 0.4) is 0 Å². The van der Waals surface area contributed by atoms with Crippen molar-refractivity contribution in [2.75, 3.05) is 5.75 Å². The van der Waals surface area contributed by atoms with Gasteiger partial charge in [0.25, 0.3) is 0 Å². The van der Waals surface area contributed by atoms with Crippen LogP contribution >= 0.6 is 11.3 Å². The number of benzene rings is 1. The number of nitrogens with one attached hydrogen (secondary N) is 2. The SMILES string of the molecule is CCS(=O)(=O)c1ccc(CNC(=O)NC2(c3ccc(F)cc3F)CCCC2)s1. The first-order valence-corrected chi connectivity index (χ1v) is 11.6. The smallest absolute Gasteiger partial charge is 0.315 e. The molecule has 2 amide bonds.